The summed E-state index contributed by atoms with van der Waals surface area (Å²) < 4.78 is 35.6. The Morgan fingerprint density at radius 3 is 2.69 bits per heavy atom. The van der Waals surface area contributed by atoms with E-state index in [9.17, 15) is 13.2 Å². The number of nitrogens with one attached hydrogen (secondary N) is 1. The number of thiazole rings is 1. The van der Waals surface area contributed by atoms with Crippen molar-refractivity contribution in [3.63, 3.8) is 0 Å². The monoisotopic (exact) mass is 494 g/mol. The van der Waals surface area contributed by atoms with Gasteiger partial charge in [-0.25, -0.2) is 13.4 Å². The molecule has 1 saturated heterocycles. The number of carbonyl (C=O) groups excluding carboxylic acids is 1. The zero-order valence-electron chi connectivity index (χ0n) is 17.9. The fraction of sp³-hybridized carbons (Fsp3) is 0.333. The minimum absolute atomic E-state index is 0.0743. The molecule has 4 rings (SSSR count). The average Bonchev–Trinajstić information content (AvgIpc) is 3.34. The van der Waals surface area contributed by atoms with Crippen molar-refractivity contribution in [2.45, 2.75) is 18.7 Å². The molecule has 0 saturated carbocycles. The molecule has 0 spiro atoms. The molecule has 3 heterocycles. The molecule has 0 bridgehead atoms. The van der Waals surface area contributed by atoms with Gasteiger partial charge in [-0.2, -0.15) is 0 Å². The standard InChI is InChI=1S/C21H23ClN4O4S2/c1-13-16(22)5-4-6-17(13)24-32(28,29)15-11-18(25(3)12-15)20-23-14(2)19(31-20)21(27)26-7-9-30-10-8-26/h4-6,11-12,24H,7-10H2,1-3H3. The summed E-state index contributed by atoms with van der Waals surface area (Å²) >= 11 is 7.38. The Kier molecular flexibility index (Phi) is 6.30. The summed E-state index contributed by atoms with van der Waals surface area (Å²) in [5.41, 5.74) is 2.31. The fourth-order valence-corrected chi connectivity index (χ4v) is 5.89. The number of sulfonamides is 1. The van der Waals surface area contributed by atoms with Crippen molar-refractivity contribution in [2.24, 2.45) is 7.05 Å². The van der Waals surface area contributed by atoms with Gasteiger partial charge in [0, 0.05) is 31.4 Å². The topological polar surface area (TPSA) is 93.5 Å². The first kappa shape index (κ1) is 22.8. The Bertz CT molecular complexity index is 1280. The summed E-state index contributed by atoms with van der Waals surface area (Å²) in [6.07, 6.45) is 1.53. The molecule has 1 amide bonds. The average molecular weight is 495 g/mol. The predicted molar refractivity (Wildman–Crippen MR) is 125 cm³/mol. The first-order chi connectivity index (χ1) is 15.2. The molecule has 1 N–H and O–H groups in total. The summed E-state index contributed by atoms with van der Waals surface area (Å²) in [6, 6.07) is 6.62. The van der Waals surface area contributed by atoms with E-state index in [4.69, 9.17) is 16.3 Å². The van der Waals surface area contributed by atoms with Crippen LogP contribution in [0.25, 0.3) is 10.7 Å². The molecular weight excluding hydrogens is 472 g/mol. The van der Waals surface area contributed by atoms with Gasteiger partial charge < -0.3 is 14.2 Å². The molecule has 170 valence electrons. The van der Waals surface area contributed by atoms with Gasteiger partial charge in [-0.05, 0) is 37.6 Å². The molecule has 0 aliphatic carbocycles. The van der Waals surface area contributed by atoms with E-state index in [0.717, 1.165) is 0 Å². The van der Waals surface area contributed by atoms with Crippen molar-refractivity contribution in [1.82, 2.24) is 14.5 Å². The summed E-state index contributed by atoms with van der Waals surface area (Å²) in [5.74, 6) is -0.0743. The second kappa shape index (κ2) is 8.86. The van der Waals surface area contributed by atoms with Crippen molar-refractivity contribution < 1.29 is 17.9 Å². The summed E-state index contributed by atoms with van der Waals surface area (Å²) in [4.78, 5) is 19.9. The van der Waals surface area contributed by atoms with Crippen LogP contribution in [-0.4, -0.2) is 55.1 Å². The number of ether oxygens (including phenoxy) is 1. The lowest BCUT2D eigenvalue weighted by Crippen LogP contribution is -2.40. The Labute approximate surface area is 195 Å². The summed E-state index contributed by atoms with van der Waals surface area (Å²) in [7, 11) is -2.09. The van der Waals surface area contributed by atoms with Gasteiger partial charge in [0.1, 0.15) is 14.8 Å². The van der Waals surface area contributed by atoms with Gasteiger partial charge in [0.25, 0.3) is 15.9 Å². The van der Waals surface area contributed by atoms with Crippen molar-refractivity contribution in [2.75, 3.05) is 31.0 Å². The van der Waals surface area contributed by atoms with Gasteiger partial charge >= 0.3 is 0 Å². The Morgan fingerprint density at radius 2 is 1.97 bits per heavy atom. The molecule has 0 atom stereocenters. The van der Waals surface area contributed by atoms with E-state index in [1.54, 1.807) is 54.6 Å². The molecule has 8 nitrogen and oxygen atoms in total. The van der Waals surface area contributed by atoms with E-state index in [-0.39, 0.29) is 10.8 Å². The zero-order chi connectivity index (χ0) is 23.0. The van der Waals surface area contributed by atoms with Crippen LogP contribution in [0.2, 0.25) is 5.02 Å². The Balaban J connectivity index is 1.62. The minimum Gasteiger partial charge on any atom is -0.378 e. The molecule has 2 aromatic heterocycles. The minimum atomic E-state index is -3.84. The number of aromatic nitrogens is 2. The molecule has 1 fully saturated rings. The molecule has 11 heteroatoms. The first-order valence-corrected chi connectivity index (χ1v) is 12.6. The highest BCUT2D eigenvalue weighted by molar-refractivity contribution is 7.92. The normalized spacial score (nSPS) is 14.6. The maximum Gasteiger partial charge on any atom is 0.266 e. The van der Waals surface area contributed by atoms with Gasteiger partial charge in [0.05, 0.1) is 30.3 Å². The number of halogens is 1. The van der Waals surface area contributed by atoms with Gasteiger partial charge in [0.2, 0.25) is 0 Å². The number of hydrogen-bond donors (Lipinski definition) is 1. The van der Waals surface area contributed by atoms with Gasteiger partial charge in [-0.15, -0.1) is 11.3 Å². The van der Waals surface area contributed by atoms with Crippen molar-refractivity contribution in [1.29, 1.82) is 0 Å². The Morgan fingerprint density at radius 1 is 1.25 bits per heavy atom. The van der Waals surface area contributed by atoms with Crippen LogP contribution in [0.4, 0.5) is 5.69 Å². The van der Waals surface area contributed by atoms with Crippen LogP contribution >= 0.6 is 22.9 Å². The molecule has 1 aliphatic rings. The quantitative estimate of drug-likeness (QED) is 0.583. The number of nitrogens with zero attached hydrogens (tertiary/aromatic N) is 3. The number of hydrogen-bond acceptors (Lipinski definition) is 6. The number of carbonyl (C=O) groups is 1. The van der Waals surface area contributed by atoms with Crippen LogP contribution in [0.1, 0.15) is 20.9 Å². The highest BCUT2D eigenvalue weighted by atomic mass is 35.5. The largest absolute Gasteiger partial charge is 0.378 e. The molecule has 0 unspecified atom stereocenters. The number of rotatable bonds is 5. The highest BCUT2D eigenvalue weighted by Crippen LogP contribution is 2.32. The number of anilines is 1. The highest BCUT2D eigenvalue weighted by Gasteiger charge is 2.26. The second-order valence-corrected chi connectivity index (χ2v) is 10.6. The molecule has 1 aromatic carbocycles. The van der Waals surface area contributed by atoms with Gasteiger partial charge in [0.15, 0.2) is 0 Å². The first-order valence-electron chi connectivity index (χ1n) is 9.96. The maximum absolute atomic E-state index is 13.0. The SMILES string of the molecule is Cc1nc(-c2cc(S(=O)(=O)Nc3cccc(Cl)c3C)cn2C)sc1C(=O)N1CCOCC1. The number of benzene rings is 1. The molecular formula is C21H23ClN4O4S2. The lowest BCUT2D eigenvalue weighted by atomic mass is 10.2. The van der Waals surface area contributed by atoms with Crippen molar-refractivity contribution in [3.8, 4) is 10.7 Å². The van der Waals surface area contributed by atoms with Crippen molar-refractivity contribution in [3.05, 3.63) is 51.6 Å². The maximum atomic E-state index is 13.0. The van der Waals surface area contributed by atoms with Crippen LogP contribution in [0.15, 0.2) is 35.4 Å². The third-order valence-electron chi connectivity index (χ3n) is 5.31. The van der Waals surface area contributed by atoms with Crippen LogP contribution in [-0.2, 0) is 21.8 Å². The van der Waals surface area contributed by atoms with E-state index >= 15 is 0 Å². The summed E-state index contributed by atoms with van der Waals surface area (Å²) in [5, 5.41) is 1.07. The molecule has 32 heavy (non-hydrogen) atoms. The molecule has 0 radical (unpaired) electrons. The third kappa shape index (κ3) is 4.40. The van der Waals surface area contributed by atoms with Gasteiger partial charge in [-0.1, -0.05) is 17.7 Å². The Hall–Kier alpha value is -2.40. The van der Waals surface area contributed by atoms with Crippen LogP contribution in [0, 0.1) is 13.8 Å². The van der Waals surface area contributed by atoms with Crippen LogP contribution in [0.3, 0.4) is 0 Å². The lowest BCUT2D eigenvalue weighted by Gasteiger charge is -2.26. The van der Waals surface area contributed by atoms with Crippen LogP contribution < -0.4 is 4.72 Å². The molecule has 1 aliphatic heterocycles. The van der Waals surface area contributed by atoms with E-state index in [1.165, 1.54) is 17.5 Å². The fourth-order valence-electron chi connectivity index (χ4n) is 3.43. The van der Waals surface area contributed by atoms with E-state index in [0.29, 0.717) is 63.8 Å². The van der Waals surface area contributed by atoms with E-state index in [2.05, 4.69) is 9.71 Å². The second-order valence-electron chi connectivity index (χ2n) is 7.53. The summed E-state index contributed by atoms with van der Waals surface area (Å²) in [6.45, 7) is 5.68. The number of aryl methyl sites for hydroxylation is 2. The number of morpholine rings is 1. The van der Waals surface area contributed by atoms with Crippen LogP contribution in [0.5, 0.6) is 0 Å². The number of amides is 1. The zero-order valence-corrected chi connectivity index (χ0v) is 20.3. The van der Waals surface area contributed by atoms with E-state index < -0.39 is 10.0 Å². The van der Waals surface area contributed by atoms with Gasteiger partial charge in [-0.3, -0.25) is 9.52 Å². The van der Waals surface area contributed by atoms with Crippen molar-refractivity contribution >= 4 is 44.6 Å². The smallest absolute Gasteiger partial charge is 0.266 e. The lowest BCUT2D eigenvalue weighted by molar-refractivity contribution is 0.0305. The van der Waals surface area contributed by atoms with E-state index in [1.807, 2.05) is 0 Å². The predicted octanol–water partition coefficient (Wildman–Crippen LogP) is 3.69. The molecule has 3 aromatic rings. The third-order valence-corrected chi connectivity index (χ3v) is 8.22.